The Morgan fingerprint density at radius 1 is 1.04 bits per heavy atom. The van der Waals surface area contributed by atoms with E-state index in [0.29, 0.717) is 10.6 Å². The summed E-state index contributed by atoms with van der Waals surface area (Å²) < 4.78 is 0. The number of nitrogens with two attached hydrogens (primary N) is 1. The predicted octanol–water partition coefficient (Wildman–Crippen LogP) is 3.27. The third kappa shape index (κ3) is 4.28. The van der Waals surface area contributed by atoms with E-state index in [4.69, 9.17) is 17.3 Å². The van der Waals surface area contributed by atoms with Gasteiger partial charge in [0, 0.05) is 49.0 Å². The summed E-state index contributed by atoms with van der Waals surface area (Å²) in [5.41, 5.74) is 8.56. The second kappa shape index (κ2) is 7.69. The van der Waals surface area contributed by atoms with Gasteiger partial charge in [0.25, 0.3) is 5.91 Å². The first-order chi connectivity index (χ1) is 11.6. The number of carbonyl (C=O) groups excluding carboxylic acids is 1. The number of hydrogen-bond acceptors (Lipinski definition) is 3. The highest BCUT2D eigenvalue weighted by molar-refractivity contribution is 6.30. The van der Waals surface area contributed by atoms with Gasteiger partial charge in [0.1, 0.15) is 0 Å². The van der Waals surface area contributed by atoms with E-state index >= 15 is 0 Å². The standard InChI is InChI=1S/C19H22ClN3O/c20-17-7-5-16(6-8-17)19(24)23-10-2-9-22(11-12-23)14-15-3-1-4-18(21)13-15/h1,3-8,13H,2,9-12,14,21H2. The molecule has 1 saturated heterocycles. The minimum absolute atomic E-state index is 0.0810. The number of hydrogen-bond donors (Lipinski definition) is 1. The molecule has 0 bridgehead atoms. The van der Waals surface area contributed by atoms with Crippen molar-refractivity contribution < 1.29 is 4.79 Å². The van der Waals surface area contributed by atoms with E-state index in [2.05, 4.69) is 11.0 Å². The van der Waals surface area contributed by atoms with Crippen molar-refractivity contribution in [2.24, 2.45) is 0 Å². The van der Waals surface area contributed by atoms with Gasteiger partial charge in [0.05, 0.1) is 0 Å². The smallest absolute Gasteiger partial charge is 0.253 e. The summed E-state index contributed by atoms with van der Waals surface area (Å²) in [6.45, 7) is 4.25. The van der Waals surface area contributed by atoms with E-state index in [0.717, 1.165) is 44.8 Å². The third-order valence-electron chi connectivity index (χ3n) is 4.32. The Labute approximate surface area is 147 Å². The van der Waals surface area contributed by atoms with Crippen molar-refractivity contribution in [3.05, 3.63) is 64.7 Å². The van der Waals surface area contributed by atoms with Gasteiger partial charge in [-0.2, -0.15) is 0 Å². The number of rotatable bonds is 3. The summed E-state index contributed by atoms with van der Waals surface area (Å²) in [6, 6.07) is 15.1. The number of benzene rings is 2. The molecule has 2 N–H and O–H groups in total. The van der Waals surface area contributed by atoms with Crippen molar-refractivity contribution in [2.75, 3.05) is 31.9 Å². The Hall–Kier alpha value is -2.04. The van der Waals surface area contributed by atoms with Gasteiger partial charge in [-0.15, -0.1) is 0 Å². The lowest BCUT2D eigenvalue weighted by atomic mass is 10.2. The van der Waals surface area contributed by atoms with Crippen LogP contribution in [0.5, 0.6) is 0 Å². The van der Waals surface area contributed by atoms with Crippen LogP contribution in [0.3, 0.4) is 0 Å². The van der Waals surface area contributed by atoms with Crippen LogP contribution in [0, 0.1) is 0 Å². The zero-order valence-corrected chi connectivity index (χ0v) is 14.4. The molecule has 0 saturated carbocycles. The molecule has 0 spiro atoms. The first-order valence-corrected chi connectivity index (χ1v) is 8.61. The van der Waals surface area contributed by atoms with Crippen molar-refractivity contribution in [3.8, 4) is 0 Å². The number of amides is 1. The van der Waals surface area contributed by atoms with Crippen molar-refractivity contribution in [2.45, 2.75) is 13.0 Å². The molecule has 5 heteroatoms. The van der Waals surface area contributed by atoms with Crippen LogP contribution >= 0.6 is 11.6 Å². The average Bonchev–Trinajstić information content (AvgIpc) is 2.81. The topological polar surface area (TPSA) is 49.6 Å². The average molecular weight is 344 g/mol. The Morgan fingerprint density at radius 2 is 1.83 bits per heavy atom. The van der Waals surface area contributed by atoms with Crippen LogP contribution in [0.1, 0.15) is 22.3 Å². The molecule has 0 aromatic heterocycles. The highest BCUT2D eigenvalue weighted by atomic mass is 35.5. The van der Waals surface area contributed by atoms with Crippen LogP contribution < -0.4 is 5.73 Å². The van der Waals surface area contributed by atoms with Gasteiger partial charge >= 0.3 is 0 Å². The quantitative estimate of drug-likeness (QED) is 0.870. The van der Waals surface area contributed by atoms with Crippen LogP contribution in [0.25, 0.3) is 0 Å². The Kier molecular flexibility index (Phi) is 5.38. The molecule has 24 heavy (non-hydrogen) atoms. The van der Waals surface area contributed by atoms with Gasteiger partial charge in [0.15, 0.2) is 0 Å². The fourth-order valence-electron chi connectivity index (χ4n) is 3.06. The largest absolute Gasteiger partial charge is 0.399 e. The van der Waals surface area contributed by atoms with Gasteiger partial charge in [0.2, 0.25) is 0 Å². The highest BCUT2D eigenvalue weighted by Crippen LogP contribution is 2.15. The molecule has 126 valence electrons. The zero-order chi connectivity index (χ0) is 16.9. The molecule has 1 heterocycles. The molecule has 0 aliphatic carbocycles. The number of nitrogen functional groups attached to an aromatic ring is 1. The molecule has 2 aromatic carbocycles. The summed E-state index contributed by atoms with van der Waals surface area (Å²) >= 11 is 5.90. The van der Waals surface area contributed by atoms with E-state index in [1.165, 1.54) is 5.56 Å². The molecule has 1 amide bonds. The van der Waals surface area contributed by atoms with Crippen LogP contribution in [-0.2, 0) is 6.54 Å². The molecule has 2 aromatic rings. The molecule has 0 atom stereocenters. The van der Waals surface area contributed by atoms with Crippen LogP contribution in [-0.4, -0.2) is 41.9 Å². The number of carbonyl (C=O) groups is 1. The summed E-state index contributed by atoms with van der Waals surface area (Å²) in [6.07, 6.45) is 0.974. The van der Waals surface area contributed by atoms with Gasteiger partial charge in [-0.05, 0) is 48.4 Å². The highest BCUT2D eigenvalue weighted by Gasteiger charge is 2.20. The number of nitrogens with zero attached hydrogens (tertiary/aromatic N) is 2. The predicted molar refractivity (Wildman–Crippen MR) is 98.1 cm³/mol. The third-order valence-corrected chi connectivity index (χ3v) is 4.58. The first-order valence-electron chi connectivity index (χ1n) is 8.23. The summed E-state index contributed by atoms with van der Waals surface area (Å²) in [7, 11) is 0. The molecular formula is C19H22ClN3O. The van der Waals surface area contributed by atoms with Gasteiger partial charge in [-0.1, -0.05) is 23.7 Å². The zero-order valence-electron chi connectivity index (χ0n) is 13.6. The minimum atomic E-state index is 0.0810. The monoisotopic (exact) mass is 343 g/mol. The molecule has 0 radical (unpaired) electrons. The molecule has 1 fully saturated rings. The number of halogens is 1. The van der Waals surface area contributed by atoms with E-state index < -0.39 is 0 Å². The van der Waals surface area contributed by atoms with Crippen molar-refractivity contribution >= 4 is 23.2 Å². The molecule has 4 nitrogen and oxygen atoms in total. The summed E-state index contributed by atoms with van der Waals surface area (Å²) in [5.74, 6) is 0.0810. The van der Waals surface area contributed by atoms with Gasteiger partial charge < -0.3 is 10.6 Å². The van der Waals surface area contributed by atoms with Crippen molar-refractivity contribution in [3.63, 3.8) is 0 Å². The fourth-order valence-corrected chi connectivity index (χ4v) is 3.18. The lowest BCUT2D eigenvalue weighted by Gasteiger charge is -2.22. The van der Waals surface area contributed by atoms with Crippen molar-refractivity contribution in [1.29, 1.82) is 0 Å². The fraction of sp³-hybridized carbons (Fsp3) is 0.316. The Bertz CT molecular complexity index is 702. The van der Waals surface area contributed by atoms with Crippen LogP contribution in [0.15, 0.2) is 48.5 Å². The maximum atomic E-state index is 12.6. The second-order valence-electron chi connectivity index (χ2n) is 6.17. The van der Waals surface area contributed by atoms with E-state index in [-0.39, 0.29) is 5.91 Å². The van der Waals surface area contributed by atoms with E-state index in [9.17, 15) is 4.79 Å². The Morgan fingerprint density at radius 3 is 2.58 bits per heavy atom. The van der Waals surface area contributed by atoms with Crippen molar-refractivity contribution in [1.82, 2.24) is 9.80 Å². The lowest BCUT2D eigenvalue weighted by molar-refractivity contribution is 0.0761. The SMILES string of the molecule is Nc1cccc(CN2CCCN(C(=O)c3ccc(Cl)cc3)CC2)c1. The number of anilines is 1. The molecular weight excluding hydrogens is 322 g/mol. The van der Waals surface area contributed by atoms with Crippen LogP contribution in [0.2, 0.25) is 5.02 Å². The van der Waals surface area contributed by atoms with Gasteiger partial charge in [-0.25, -0.2) is 0 Å². The Balaban J connectivity index is 1.60. The van der Waals surface area contributed by atoms with Gasteiger partial charge in [-0.3, -0.25) is 9.69 Å². The lowest BCUT2D eigenvalue weighted by Crippen LogP contribution is -2.35. The molecule has 0 unspecified atom stereocenters. The molecule has 3 rings (SSSR count). The van der Waals surface area contributed by atoms with Crippen LogP contribution in [0.4, 0.5) is 5.69 Å². The first kappa shape index (κ1) is 16.8. The minimum Gasteiger partial charge on any atom is -0.399 e. The van der Waals surface area contributed by atoms with E-state index in [1.807, 2.05) is 23.1 Å². The second-order valence-corrected chi connectivity index (χ2v) is 6.61. The summed E-state index contributed by atoms with van der Waals surface area (Å²) in [4.78, 5) is 16.9. The molecule has 1 aliphatic heterocycles. The molecule has 1 aliphatic rings. The maximum absolute atomic E-state index is 12.6. The normalized spacial score (nSPS) is 16.0. The summed E-state index contributed by atoms with van der Waals surface area (Å²) in [5, 5.41) is 0.649. The van der Waals surface area contributed by atoms with E-state index in [1.54, 1.807) is 24.3 Å². The maximum Gasteiger partial charge on any atom is 0.253 e.